The van der Waals surface area contributed by atoms with Crippen molar-refractivity contribution in [1.82, 2.24) is 4.90 Å². The van der Waals surface area contributed by atoms with E-state index in [9.17, 15) is 4.79 Å². The van der Waals surface area contributed by atoms with Gasteiger partial charge in [0.2, 0.25) is 0 Å². The summed E-state index contributed by atoms with van der Waals surface area (Å²) in [7, 11) is 4.14. The predicted molar refractivity (Wildman–Crippen MR) is 129 cm³/mol. The molecule has 1 aromatic carbocycles. The van der Waals surface area contributed by atoms with Gasteiger partial charge in [-0.1, -0.05) is 70.4 Å². The molecule has 2 amide bonds. The quantitative estimate of drug-likeness (QED) is 0.387. The molecule has 0 bridgehead atoms. The van der Waals surface area contributed by atoms with Crippen LogP contribution in [-0.2, 0) is 0 Å². The number of urea groups is 1. The lowest BCUT2D eigenvalue weighted by molar-refractivity contribution is 0.0873. The van der Waals surface area contributed by atoms with Crippen LogP contribution in [-0.4, -0.2) is 37.1 Å². The smallest absolute Gasteiger partial charge is 0.315 e. The molecule has 0 saturated heterocycles. The van der Waals surface area contributed by atoms with Crippen molar-refractivity contribution in [2.45, 2.75) is 102 Å². The number of unbranched alkanes of at least 4 members (excludes halogenated alkanes) is 7. The molecule has 0 radical (unpaired) electrons. The summed E-state index contributed by atoms with van der Waals surface area (Å²) >= 11 is 0. The first kappa shape index (κ1) is 24.6. The molecule has 2 rings (SSSR count). The number of amides is 2. The largest absolute Gasteiger partial charge is 0.378 e. The van der Waals surface area contributed by atoms with E-state index in [1.165, 1.54) is 62.6 Å². The molecule has 1 fully saturated rings. The molecule has 0 heterocycles. The molecule has 2 N–H and O–H groups in total. The summed E-state index contributed by atoms with van der Waals surface area (Å²) in [6.45, 7) is 5.31. The third-order valence-electron chi connectivity index (χ3n) is 6.99. The van der Waals surface area contributed by atoms with E-state index in [-0.39, 0.29) is 11.6 Å². The average molecular weight is 416 g/mol. The highest BCUT2D eigenvalue weighted by atomic mass is 16.2. The Hall–Kier alpha value is -1.71. The van der Waals surface area contributed by atoms with Crippen LogP contribution < -0.4 is 10.6 Å². The van der Waals surface area contributed by atoms with Gasteiger partial charge in [-0.2, -0.15) is 0 Å². The fourth-order valence-corrected chi connectivity index (χ4v) is 5.09. The third kappa shape index (κ3) is 7.21. The zero-order valence-electron chi connectivity index (χ0n) is 20.0. The van der Waals surface area contributed by atoms with Gasteiger partial charge in [-0.15, -0.1) is 0 Å². The second-order valence-electron chi connectivity index (χ2n) is 9.74. The number of carbonyl (C=O) groups excluding carboxylic acids is 1. The van der Waals surface area contributed by atoms with Crippen molar-refractivity contribution < 1.29 is 4.79 Å². The van der Waals surface area contributed by atoms with E-state index in [4.69, 9.17) is 5.73 Å². The highest BCUT2D eigenvalue weighted by Gasteiger charge is 2.39. The number of anilines is 1. The summed E-state index contributed by atoms with van der Waals surface area (Å²) in [6.07, 6.45) is 14.6. The van der Waals surface area contributed by atoms with Crippen molar-refractivity contribution in [1.29, 1.82) is 0 Å². The Morgan fingerprint density at radius 3 is 2.20 bits per heavy atom. The van der Waals surface area contributed by atoms with Crippen molar-refractivity contribution in [3.63, 3.8) is 0 Å². The van der Waals surface area contributed by atoms with E-state index in [1.54, 1.807) is 0 Å². The maximum atomic E-state index is 12.3. The van der Waals surface area contributed by atoms with Crippen LogP contribution in [0.4, 0.5) is 10.5 Å². The van der Waals surface area contributed by atoms with Crippen molar-refractivity contribution in [3.05, 3.63) is 29.8 Å². The van der Waals surface area contributed by atoms with E-state index in [0.717, 1.165) is 32.2 Å². The van der Waals surface area contributed by atoms with Gasteiger partial charge in [0.1, 0.15) is 0 Å². The number of hydrogen-bond donors (Lipinski definition) is 1. The molecule has 30 heavy (non-hydrogen) atoms. The lowest BCUT2D eigenvalue weighted by atomic mass is 9.73. The molecule has 4 nitrogen and oxygen atoms in total. The average Bonchev–Trinajstić information content (AvgIpc) is 2.72. The van der Waals surface area contributed by atoms with Crippen molar-refractivity contribution in [2.24, 2.45) is 5.73 Å². The molecule has 2 atom stereocenters. The Bertz CT molecular complexity index is 628. The summed E-state index contributed by atoms with van der Waals surface area (Å²) in [5.74, 6) is 0.500. The van der Waals surface area contributed by atoms with Crippen molar-refractivity contribution in [3.8, 4) is 0 Å². The molecule has 0 aliphatic heterocycles. The SMILES string of the molecule is CCCCCCCCCCN(C(N)=O)C1(C)CCCC(c2ccc(N(C)C)cc2)C1. The van der Waals surface area contributed by atoms with Gasteiger partial charge in [-0.3, -0.25) is 0 Å². The maximum Gasteiger partial charge on any atom is 0.315 e. The second-order valence-corrected chi connectivity index (χ2v) is 9.74. The molecule has 0 aromatic heterocycles. The number of primary amides is 1. The lowest BCUT2D eigenvalue weighted by Gasteiger charge is -2.46. The Kier molecular flexibility index (Phi) is 10.0. The third-order valence-corrected chi connectivity index (χ3v) is 6.99. The molecule has 1 aliphatic rings. The van der Waals surface area contributed by atoms with Gasteiger partial charge in [-0.25, -0.2) is 4.79 Å². The first-order chi connectivity index (χ1) is 14.4. The molecule has 1 aliphatic carbocycles. The fourth-order valence-electron chi connectivity index (χ4n) is 5.09. The Balaban J connectivity index is 1.90. The number of hydrogen-bond acceptors (Lipinski definition) is 2. The van der Waals surface area contributed by atoms with E-state index >= 15 is 0 Å². The monoisotopic (exact) mass is 415 g/mol. The van der Waals surface area contributed by atoms with E-state index in [0.29, 0.717) is 5.92 Å². The summed E-state index contributed by atoms with van der Waals surface area (Å²) < 4.78 is 0. The second kappa shape index (κ2) is 12.2. The molecule has 2 unspecified atom stereocenters. The highest BCUT2D eigenvalue weighted by molar-refractivity contribution is 5.73. The van der Waals surface area contributed by atoms with Crippen molar-refractivity contribution in [2.75, 3.05) is 25.5 Å². The van der Waals surface area contributed by atoms with Crippen molar-refractivity contribution >= 4 is 11.7 Å². The predicted octanol–water partition coefficient (Wildman–Crippen LogP) is 6.69. The van der Waals surface area contributed by atoms with Gasteiger partial charge in [0, 0.05) is 31.9 Å². The summed E-state index contributed by atoms with van der Waals surface area (Å²) in [6, 6.07) is 8.68. The zero-order chi connectivity index (χ0) is 22.0. The normalized spacial score (nSPS) is 21.4. The van der Waals surface area contributed by atoms with Crippen LogP contribution in [0.5, 0.6) is 0 Å². The van der Waals surface area contributed by atoms with Gasteiger partial charge in [0.25, 0.3) is 0 Å². The summed E-state index contributed by atoms with van der Waals surface area (Å²) in [5.41, 5.74) is 8.36. The summed E-state index contributed by atoms with van der Waals surface area (Å²) in [5, 5.41) is 0. The Morgan fingerprint density at radius 2 is 1.63 bits per heavy atom. The molecule has 170 valence electrons. The molecular formula is C26H45N3O. The van der Waals surface area contributed by atoms with Gasteiger partial charge in [0.05, 0.1) is 0 Å². The number of carbonyl (C=O) groups is 1. The minimum absolute atomic E-state index is 0.129. The fraction of sp³-hybridized carbons (Fsp3) is 0.731. The maximum absolute atomic E-state index is 12.3. The molecule has 0 spiro atoms. The highest BCUT2D eigenvalue weighted by Crippen LogP contribution is 2.42. The molecule has 1 saturated carbocycles. The number of benzene rings is 1. The van der Waals surface area contributed by atoms with E-state index in [2.05, 4.69) is 57.1 Å². The minimum atomic E-state index is -0.246. The van der Waals surface area contributed by atoms with Crippen LogP contribution in [0.2, 0.25) is 0 Å². The molecule has 4 heteroatoms. The van der Waals surface area contributed by atoms with Gasteiger partial charge >= 0.3 is 6.03 Å². The van der Waals surface area contributed by atoms with Crippen LogP contribution >= 0.6 is 0 Å². The van der Waals surface area contributed by atoms with Crippen LogP contribution in [0.3, 0.4) is 0 Å². The van der Waals surface area contributed by atoms with E-state index < -0.39 is 0 Å². The number of rotatable bonds is 12. The Morgan fingerprint density at radius 1 is 1.03 bits per heavy atom. The van der Waals surface area contributed by atoms with Gasteiger partial charge in [-0.05, 0) is 56.2 Å². The standard InChI is InChI=1S/C26H45N3O/c1-5-6-7-8-9-10-11-12-20-29(25(27)30)26(2)19-13-14-23(21-26)22-15-17-24(18-16-22)28(3)4/h15-18,23H,5-14,19-21H2,1-4H3,(H2,27,30). The first-order valence-electron chi connectivity index (χ1n) is 12.2. The number of nitrogens with two attached hydrogens (primary N) is 1. The Labute approximate surface area is 185 Å². The van der Waals surface area contributed by atoms with Crippen LogP contribution in [0, 0.1) is 0 Å². The molecular weight excluding hydrogens is 370 g/mol. The van der Waals surface area contributed by atoms with Crippen LogP contribution in [0.25, 0.3) is 0 Å². The van der Waals surface area contributed by atoms with Gasteiger partial charge < -0.3 is 15.5 Å². The van der Waals surface area contributed by atoms with Crippen LogP contribution in [0.1, 0.15) is 102 Å². The van der Waals surface area contributed by atoms with Crippen LogP contribution in [0.15, 0.2) is 24.3 Å². The topological polar surface area (TPSA) is 49.6 Å². The van der Waals surface area contributed by atoms with E-state index in [1.807, 2.05) is 4.90 Å². The lowest BCUT2D eigenvalue weighted by Crippen LogP contribution is -2.54. The first-order valence-corrected chi connectivity index (χ1v) is 12.2. The minimum Gasteiger partial charge on any atom is -0.378 e. The summed E-state index contributed by atoms with van der Waals surface area (Å²) in [4.78, 5) is 16.5. The van der Waals surface area contributed by atoms with Gasteiger partial charge in [0.15, 0.2) is 0 Å². The zero-order valence-corrected chi connectivity index (χ0v) is 20.0. The molecule has 1 aromatic rings. The number of nitrogens with zero attached hydrogens (tertiary/aromatic N) is 2.